The smallest absolute Gasteiger partial charge is 0.126 e. The van der Waals surface area contributed by atoms with Crippen molar-refractivity contribution in [2.45, 2.75) is 18.6 Å². The van der Waals surface area contributed by atoms with E-state index in [-0.39, 0.29) is 6.04 Å². The second-order valence-corrected chi connectivity index (χ2v) is 7.45. The summed E-state index contributed by atoms with van der Waals surface area (Å²) in [5.41, 5.74) is -0.824. The largest absolute Gasteiger partial charge is 0.467 e. The minimum atomic E-state index is -0.824. The lowest BCUT2D eigenvalue weighted by atomic mass is 10.1. The highest BCUT2D eigenvalue weighted by Crippen LogP contribution is 2.31. The zero-order valence-electron chi connectivity index (χ0n) is 12.5. The Morgan fingerprint density at radius 3 is 2.71 bits per heavy atom. The van der Waals surface area contributed by atoms with Gasteiger partial charge in [0.2, 0.25) is 0 Å². The normalized spacial score (nSPS) is 16.1. The van der Waals surface area contributed by atoms with Gasteiger partial charge in [0.15, 0.2) is 0 Å². The highest BCUT2D eigenvalue weighted by atomic mass is 35.5. The molecule has 0 aliphatic heterocycles. The van der Waals surface area contributed by atoms with Crippen LogP contribution in [0.2, 0.25) is 4.34 Å². The summed E-state index contributed by atoms with van der Waals surface area (Å²) in [5.74, 6) is 0.814. The Labute approximate surface area is 134 Å². The molecule has 0 saturated carbocycles. The van der Waals surface area contributed by atoms with Crippen molar-refractivity contribution in [3.05, 3.63) is 45.5 Å². The van der Waals surface area contributed by atoms with Gasteiger partial charge in [0.1, 0.15) is 11.8 Å². The van der Waals surface area contributed by atoms with E-state index < -0.39 is 5.60 Å². The number of nitrogens with one attached hydrogen (secondary N) is 1. The maximum atomic E-state index is 10.4. The quantitative estimate of drug-likeness (QED) is 0.820. The molecule has 6 heteroatoms. The molecule has 21 heavy (non-hydrogen) atoms. The summed E-state index contributed by atoms with van der Waals surface area (Å²) >= 11 is 7.54. The molecule has 0 bridgehead atoms. The van der Waals surface area contributed by atoms with Crippen molar-refractivity contribution >= 4 is 22.9 Å². The number of nitrogens with zero attached hydrogens (tertiary/aromatic N) is 1. The number of hydrogen-bond donors (Lipinski definition) is 2. The van der Waals surface area contributed by atoms with Crippen LogP contribution in [0, 0.1) is 0 Å². The molecule has 0 saturated heterocycles. The first kappa shape index (κ1) is 16.5. The van der Waals surface area contributed by atoms with E-state index in [2.05, 4.69) is 5.32 Å². The SMILES string of the molecule is CN(C)CC(C)(O)CNC(c1ccco1)c1ccc(Cl)s1. The Balaban J connectivity index is 2.11. The van der Waals surface area contributed by atoms with Gasteiger partial charge in [-0.2, -0.15) is 0 Å². The van der Waals surface area contributed by atoms with Crippen LogP contribution in [0.25, 0.3) is 0 Å². The first-order valence-electron chi connectivity index (χ1n) is 6.76. The van der Waals surface area contributed by atoms with Crippen molar-refractivity contribution in [2.24, 2.45) is 0 Å². The molecule has 4 nitrogen and oxygen atoms in total. The van der Waals surface area contributed by atoms with Gasteiger partial charge in [-0.1, -0.05) is 11.6 Å². The molecule has 2 heterocycles. The molecular formula is C15H21ClN2O2S. The average Bonchev–Trinajstić information content (AvgIpc) is 3.00. The molecule has 0 aliphatic carbocycles. The Hall–Kier alpha value is -0.850. The minimum absolute atomic E-state index is 0.105. The van der Waals surface area contributed by atoms with Gasteiger partial charge >= 0.3 is 0 Å². The van der Waals surface area contributed by atoms with Gasteiger partial charge in [-0.15, -0.1) is 11.3 Å². The van der Waals surface area contributed by atoms with Gasteiger partial charge in [0.25, 0.3) is 0 Å². The van der Waals surface area contributed by atoms with Gasteiger partial charge < -0.3 is 19.7 Å². The van der Waals surface area contributed by atoms with Crippen LogP contribution in [0.5, 0.6) is 0 Å². The van der Waals surface area contributed by atoms with E-state index in [1.807, 2.05) is 50.2 Å². The average molecular weight is 329 g/mol. The lowest BCUT2D eigenvalue weighted by Gasteiger charge is -2.29. The fourth-order valence-corrected chi connectivity index (χ4v) is 3.48. The molecule has 0 fully saturated rings. The highest BCUT2D eigenvalue weighted by Gasteiger charge is 2.25. The molecule has 2 aromatic rings. The first-order valence-corrected chi connectivity index (χ1v) is 7.96. The predicted octanol–water partition coefficient (Wildman–Crippen LogP) is 2.99. The molecule has 2 N–H and O–H groups in total. The van der Waals surface area contributed by atoms with Crippen LogP contribution in [0.4, 0.5) is 0 Å². The summed E-state index contributed by atoms with van der Waals surface area (Å²) in [7, 11) is 3.88. The molecule has 2 unspecified atom stereocenters. The van der Waals surface area contributed by atoms with E-state index in [0.717, 1.165) is 15.0 Å². The number of aliphatic hydroxyl groups is 1. The number of likely N-dealkylation sites (N-methyl/N-ethyl adjacent to an activating group) is 1. The third-order valence-electron chi connectivity index (χ3n) is 3.05. The summed E-state index contributed by atoms with van der Waals surface area (Å²) in [6, 6.07) is 7.53. The van der Waals surface area contributed by atoms with Crippen LogP contribution < -0.4 is 5.32 Å². The van der Waals surface area contributed by atoms with Crippen LogP contribution in [0.1, 0.15) is 23.6 Å². The predicted molar refractivity (Wildman–Crippen MR) is 87.1 cm³/mol. The summed E-state index contributed by atoms with van der Waals surface area (Å²) in [4.78, 5) is 3.03. The van der Waals surface area contributed by atoms with Gasteiger partial charge in [0, 0.05) is 18.0 Å². The van der Waals surface area contributed by atoms with E-state index in [4.69, 9.17) is 16.0 Å². The summed E-state index contributed by atoms with van der Waals surface area (Å²) in [6.07, 6.45) is 1.65. The zero-order chi connectivity index (χ0) is 15.5. The third kappa shape index (κ3) is 4.83. The van der Waals surface area contributed by atoms with E-state index in [1.165, 1.54) is 11.3 Å². The number of hydrogen-bond acceptors (Lipinski definition) is 5. The fourth-order valence-electron chi connectivity index (χ4n) is 2.34. The van der Waals surface area contributed by atoms with Crippen LogP contribution in [-0.2, 0) is 0 Å². The van der Waals surface area contributed by atoms with Gasteiger partial charge in [-0.05, 0) is 45.3 Å². The van der Waals surface area contributed by atoms with Crippen LogP contribution >= 0.6 is 22.9 Å². The fraction of sp³-hybridized carbons (Fsp3) is 0.467. The van der Waals surface area contributed by atoms with E-state index in [0.29, 0.717) is 13.1 Å². The van der Waals surface area contributed by atoms with Crippen molar-refractivity contribution < 1.29 is 9.52 Å². The van der Waals surface area contributed by atoms with Crippen LogP contribution in [-0.4, -0.2) is 42.8 Å². The Kier molecular flexibility index (Phi) is 5.46. The summed E-state index contributed by atoms with van der Waals surface area (Å²) in [5, 5.41) is 13.8. The molecule has 0 amide bonds. The van der Waals surface area contributed by atoms with Gasteiger partial charge in [-0.3, -0.25) is 0 Å². The lowest BCUT2D eigenvalue weighted by molar-refractivity contribution is 0.0319. The van der Waals surface area contributed by atoms with Crippen molar-refractivity contribution in [3.63, 3.8) is 0 Å². The number of thiophene rings is 1. The molecule has 0 aliphatic rings. The van der Waals surface area contributed by atoms with E-state index in [9.17, 15) is 5.11 Å². The minimum Gasteiger partial charge on any atom is -0.467 e. The van der Waals surface area contributed by atoms with Crippen molar-refractivity contribution in [3.8, 4) is 0 Å². The Bertz CT molecular complexity index is 552. The maximum Gasteiger partial charge on any atom is 0.126 e. The molecular weight excluding hydrogens is 308 g/mol. The maximum absolute atomic E-state index is 10.4. The molecule has 0 aromatic carbocycles. The molecule has 2 aromatic heterocycles. The molecule has 116 valence electrons. The van der Waals surface area contributed by atoms with Crippen molar-refractivity contribution in [1.82, 2.24) is 10.2 Å². The topological polar surface area (TPSA) is 48.6 Å². The monoisotopic (exact) mass is 328 g/mol. The molecule has 0 radical (unpaired) electrons. The van der Waals surface area contributed by atoms with E-state index in [1.54, 1.807) is 6.26 Å². The lowest BCUT2D eigenvalue weighted by Crippen LogP contribution is -2.46. The number of rotatable bonds is 7. The Morgan fingerprint density at radius 2 is 2.19 bits per heavy atom. The third-order valence-corrected chi connectivity index (χ3v) is 4.35. The first-order chi connectivity index (χ1) is 9.87. The second-order valence-electron chi connectivity index (χ2n) is 5.71. The summed E-state index contributed by atoms with van der Waals surface area (Å²) < 4.78 is 6.25. The highest BCUT2D eigenvalue weighted by molar-refractivity contribution is 7.16. The van der Waals surface area contributed by atoms with Crippen LogP contribution in [0.3, 0.4) is 0 Å². The molecule has 2 atom stereocenters. The Morgan fingerprint density at radius 1 is 1.43 bits per heavy atom. The zero-order valence-corrected chi connectivity index (χ0v) is 14.0. The molecule has 2 rings (SSSR count). The standard InChI is InChI=1S/C15H21ClN2O2S/c1-15(19,10-18(2)3)9-17-14(11-5-4-8-20-11)12-6-7-13(16)21-12/h4-8,14,17,19H,9-10H2,1-3H3. The van der Waals surface area contributed by atoms with Crippen LogP contribution in [0.15, 0.2) is 34.9 Å². The number of furan rings is 1. The van der Waals surface area contributed by atoms with Gasteiger partial charge in [-0.25, -0.2) is 0 Å². The van der Waals surface area contributed by atoms with Gasteiger partial charge in [0.05, 0.1) is 16.2 Å². The van der Waals surface area contributed by atoms with Crippen molar-refractivity contribution in [1.29, 1.82) is 0 Å². The summed E-state index contributed by atoms with van der Waals surface area (Å²) in [6.45, 7) is 2.85. The number of halogens is 1. The van der Waals surface area contributed by atoms with E-state index >= 15 is 0 Å². The van der Waals surface area contributed by atoms with Crippen molar-refractivity contribution in [2.75, 3.05) is 27.2 Å². The second kappa shape index (κ2) is 6.94. The molecule has 0 spiro atoms.